The van der Waals surface area contributed by atoms with E-state index in [-0.39, 0.29) is 33.8 Å². The fourth-order valence-electron chi connectivity index (χ4n) is 2.89. The first-order chi connectivity index (χ1) is 11.3. The maximum atomic E-state index is 12.3. The smallest absolute Gasteiger partial charge is 0.161 e. The number of hydrogen-bond acceptors (Lipinski definition) is 4. The lowest BCUT2D eigenvalue weighted by atomic mass is 9.83. The van der Waals surface area contributed by atoms with Crippen LogP contribution in [0.25, 0.3) is 11.1 Å². The normalized spacial score (nSPS) is 10.3. The number of Topliss-reactive ketones (excluding diaryl/α,β-unsaturated/α-hetero) is 4. The molecule has 0 bridgehead atoms. The summed E-state index contributed by atoms with van der Waals surface area (Å²) in [6.45, 7) is 5.28. The summed E-state index contributed by atoms with van der Waals surface area (Å²) >= 11 is 0. The quantitative estimate of drug-likeness (QED) is 0.775. The molecule has 0 unspecified atom stereocenters. The van der Waals surface area contributed by atoms with Gasteiger partial charge >= 0.3 is 0 Å². The standard InChI is InChI=1S/C20H18O4/c1-11(21)16-10-17(15-8-6-5-7-9-15)19(13(3)23)20(14(4)24)18(16)12(2)22/h5-10H,1-4H3. The molecule has 0 atom stereocenters. The van der Waals surface area contributed by atoms with E-state index in [4.69, 9.17) is 0 Å². The van der Waals surface area contributed by atoms with Gasteiger partial charge in [0, 0.05) is 22.3 Å². The van der Waals surface area contributed by atoms with Gasteiger partial charge in [0.1, 0.15) is 0 Å². The second-order valence-electron chi connectivity index (χ2n) is 5.69. The molecule has 0 aliphatic carbocycles. The summed E-state index contributed by atoms with van der Waals surface area (Å²) in [6, 6.07) is 10.6. The zero-order valence-corrected chi connectivity index (χ0v) is 14.1. The highest BCUT2D eigenvalue weighted by Crippen LogP contribution is 2.32. The van der Waals surface area contributed by atoms with Gasteiger partial charge in [0.05, 0.1) is 0 Å². The van der Waals surface area contributed by atoms with E-state index in [0.29, 0.717) is 11.1 Å². The minimum absolute atomic E-state index is 0.0277. The lowest BCUT2D eigenvalue weighted by Crippen LogP contribution is -2.17. The fraction of sp³-hybridized carbons (Fsp3) is 0.200. The Balaban J connectivity index is 3.06. The maximum Gasteiger partial charge on any atom is 0.161 e. The molecule has 0 aliphatic rings. The summed E-state index contributed by atoms with van der Waals surface area (Å²) < 4.78 is 0. The molecule has 0 spiro atoms. The van der Waals surface area contributed by atoms with Crippen molar-refractivity contribution < 1.29 is 19.2 Å². The van der Waals surface area contributed by atoms with Crippen LogP contribution in [0.15, 0.2) is 36.4 Å². The van der Waals surface area contributed by atoms with Gasteiger partial charge in [0.2, 0.25) is 0 Å². The zero-order valence-electron chi connectivity index (χ0n) is 14.1. The Bertz CT molecular complexity index is 861. The summed E-state index contributed by atoms with van der Waals surface area (Å²) in [5.74, 6) is -1.47. The second-order valence-corrected chi connectivity index (χ2v) is 5.69. The van der Waals surface area contributed by atoms with Crippen molar-refractivity contribution in [1.29, 1.82) is 0 Å². The number of rotatable bonds is 5. The van der Waals surface area contributed by atoms with Crippen LogP contribution in [-0.4, -0.2) is 23.1 Å². The highest BCUT2D eigenvalue weighted by molar-refractivity contribution is 6.21. The number of ketones is 4. The van der Waals surface area contributed by atoms with E-state index >= 15 is 0 Å². The molecule has 0 amide bonds. The molecule has 2 aromatic carbocycles. The molecule has 4 heteroatoms. The van der Waals surface area contributed by atoms with Crippen molar-refractivity contribution >= 4 is 23.1 Å². The van der Waals surface area contributed by atoms with Crippen molar-refractivity contribution in [3.8, 4) is 11.1 Å². The van der Waals surface area contributed by atoms with E-state index in [9.17, 15) is 19.2 Å². The number of benzene rings is 2. The number of carbonyl (C=O) groups is 4. The van der Waals surface area contributed by atoms with E-state index in [1.54, 1.807) is 24.3 Å². The number of carbonyl (C=O) groups excluding carboxylic acids is 4. The van der Waals surface area contributed by atoms with Crippen LogP contribution in [0.1, 0.15) is 69.1 Å². The van der Waals surface area contributed by atoms with Gasteiger partial charge in [-0.3, -0.25) is 19.2 Å². The molecule has 0 fully saturated rings. The van der Waals surface area contributed by atoms with Crippen LogP contribution < -0.4 is 0 Å². The molecule has 0 N–H and O–H groups in total. The molecule has 0 saturated carbocycles. The molecular weight excluding hydrogens is 304 g/mol. The summed E-state index contributed by atoms with van der Waals surface area (Å²) in [5.41, 5.74) is 1.60. The van der Waals surface area contributed by atoms with Crippen molar-refractivity contribution in [1.82, 2.24) is 0 Å². The predicted molar refractivity (Wildman–Crippen MR) is 91.9 cm³/mol. The molecule has 0 radical (unpaired) electrons. The fourth-order valence-corrected chi connectivity index (χ4v) is 2.89. The van der Waals surface area contributed by atoms with Gasteiger partial charge in [-0.15, -0.1) is 0 Å². The van der Waals surface area contributed by atoms with Crippen LogP contribution in [0.5, 0.6) is 0 Å². The van der Waals surface area contributed by atoms with Crippen molar-refractivity contribution in [2.45, 2.75) is 27.7 Å². The number of hydrogen-bond donors (Lipinski definition) is 0. The van der Waals surface area contributed by atoms with E-state index in [0.717, 1.165) is 0 Å². The molecule has 122 valence electrons. The first kappa shape index (κ1) is 17.5. The van der Waals surface area contributed by atoms with Crippen LogP contribution in [-0.2, 0) is 0 Å². The van der Waals surface area contributed by atoms with E-state index < -0.39 is 11.6 Å². The molecule has 2 rings (SSSR count). The first-order valence-electron chi connectivity index (χ1n) is 7.55. The molecule has 0 aromatic heterocycles. The lowest BCUT2D eigenvalue weighted by Gasteiger charge is -2.17. The Hall–Kier alpha value is -2.88. The van der Waals surface area contributed by atoms with Crippen molar-refractivity contribution in [2.24, 2.45) is 0 Å². The Kier molecular flexibility index (Phi) is 4.88. The van der Waals surface area contributed by atoms with Gasteiger partial charge in [0.15, 0.2) is 23.1 Å². The van der Waals surface area contributed by atoms with Crippen LogP contribution in [0.2, 0.25) is 0 Å². The highest BCUT2D eigenvalue weighted by Gasteiger charge is 2.27. The van der Waals surface area contributed by atoms with Gasteiger partial charge in [0.25, 0.3) is 0 Å². The van der Waals surface area contributed by atoms with Crippen molar-refractivity contribution in [2.75, 3.05) is 0 Å². The summed E-state index contributed by atoms with van der Waals surface area (Å²) in [6.07, 6.45) is 0. The molecule has 0 heterocycles. The third-order valence-corrected chi connectivity index (χ3v) is 3.85. The average molecular weight is 322 g/mol. The largest absolute Gasteiger partial charge is 0.294 e. The maximum absolute atomic E-state index is 12.3. The van der Waals surface area contributed by atoms with Crippen molar-refractivity contribution in [3.05, 3.63) is 58.7 Å². The minimum Gasteiger partial charge on any atom is -0.294 e. The van der Waals surface area contributed by atoms with E-state index in [1.807, 2.05) is 6.07 Å². The molecule has 4 nitrogen and oxygen atoms in total. The SMILES string of the molecule is CC(=O)c1cc(-c2ccccc2)c(C(C)=O)c(C(C)=O)c1C(C)=O. The average Bonchev–Trinajstić information content (AvgIpc) is 2.53. The molecule has 0 aliphatic heterocycles. The van der Waals surface area contributed by atoms with Crippen LogP contribution in [0.3, 0.4) is 0 Å². The van der Waals surface area contributed by atoms with Gasteiger partial charge < -0.3 is 0 Å². The second kappa shape index (κ2) is 6.71. The monoisotopic (exact) mass is 322 g/mol. The molecule has 0 saturated heterocycles. The Morgan fingerprint density at radius 1 is 0.625 bits per heavy atom. The van der Waals surface area contributed by atoms with Crippen LogP contribution in [0.4, 0.5) is 0 Å². The lowest BCUT2D eigenvalue weighted by molar-refractivity contribution is 0.0958. The van der Waals surface area contributed by atoms with Gasteiger partial charge in [-0.05, 0) is 44.9 Å². The first-order valence-corrected chi connectivity index (χ1v) is 7.55. The van der Waals surface area contributed by atoms with Gasteiger partial charge in [-0.25, -0.2) is 0 Å². The van der Waals surface area contributed by atoms with Crippen molar-refractivity contribution in [3.63, 3.8) is 0 Å². The van der Waals surface area contributed by atoms with E-state index in [2.05, 4.69) is 0 Å². The van der Waals surface area contributed by atoms with E-state index in [1.165, 1.54) is 33.8 Å². The summed E-state index contributed by atoms with van der Waals surface area (Å²) in [7, 11) is 0. The third-order valence-electron chi connectivity index (χ3n) is 3.85. The Morgan fingerprint density at radius 3 is 1.54 bits per heavy atom. The topological polar surface area (TPSA) is 68.3 Å². The summed E-state index contributed by atoms with van der Waals surface area (Å²) in [5, 5.41) is 0. The minimum atomic E-state index is -0.411. The zero-order chi connectivity index (χ0) is 18.0. The predicted octanol–water partition coefficient (Wildman–Crippen LogP) is 4.16. The van der Waals surface area contributed by atoms with Gasteiger partial charge in [-0.2, -0.15) is 0 Å². The Morgan fingerprint density at radius 2 is 1.12 bits per heavy atom. The molecular formula is C20H18O4. The van der Waals surface area contributed by atoms with Gasteiger partial charge in [-0.1, -0.05) is 30.3 Å². The third kappa shape index (κ3) is 3.08. The van der Waals surface area contributed by atoms with Crippen LogP contribution in [0, 0.1) is 0 Å². The van der Waals surface area contributed by atoms with Crippen LogP contribution >= 0.6 is 0 Å². The highest BCUT2D eigenvalue weighted by atomic mass is 16.1. The Labute approximate surface area is 140 Å². The molecule has 2 aromatic rings. The summed E-state index contributed by atoms with van der Waals surface area (Å²) in [4.78, 5) is 48.7. The molecule has 24 heavy (non-hydrogen) atoms.